The summed E-state index contributed by atoms with van der Waals surface area (Å²) in [4.78, 5) is 11.8. The van der Waals surface area contributed by atoms with Crippen molar-refractivity contribution in [2.45, 2.75) is 66.0 Å². The number of amides is 1. The Bertz CT molecular complexity index is 196. The lowest BCUT2D eigenvalue weighted by Crippen LogP contribution is -2.51. The summed E-state index contributed by atoms with van der Waals surface area (Å²) in [7, 11) is 0. The quantitative estimate of drug-likeness (QED) is 0.736. The zero-order chi connectivity index (χ0) is 12.1. The van der Waals surface area contributed by atoms with Crippen LogP contribution in [0.15, 0.2) is 0 Å². The van der Waals surface area contributed by atoms with Crippen LogP contribution in [-0.4, -0.2) is 18.0 Å². The number of rotatable bonds is 5. The molecule has 0 aliphatic carbocycles. The normalized spacial score (nSPS) is 15.9. The average molecular weight is 214 g/mol. The van der Waals surface area contributed by atoms with Gasteiger partial charge in [-0.15, -0.1) is 0 Å². The number of carbonyl (C=O) groups is 1. The second kappa shape index (κ2) is 6.11. The lowest BCUT2D eigenvalue weighted by molar-refractivity contribution is -0.125. The van der Waals surface area contributed by atoms with E-state index in [2.05, 4.69) is 19.2 Å². The first kappa shape index (κ1) is 14.4. The van der Waals surface area contributed by atoms with E-state index in [0.717, 1.165) is 19.3 Å². The fourth-order valence-corrected chi connectivity index (χ4v) is 1.41. The van der Waals surface area contributed by atoms with E-state index >= 15 is 0 Å². The van der Waals surface area contributed by atoms with Crippen LogP contribution in [-0.2, 0) is 4.79 Å². The number of hydrogen-bond acceptors (Lipinski definition) is 2. The van der Waals surface area contributed by atoms with Crippen molar-refractivity contribution >= 4 is 5.91 Å². The minimum absolute atomic E-state index is 0.0252. The Morgan fingerprint density at radius 3 is 2.20 bits per heavy atom. The smallest absolute Gasteiger partial charge is 0.237 e. The summed E-state index contributed by atoms with van der Waals surface area (Å²) < 4.78 is 0. The van der Waals surface area contributed by atoms with Gasteiger partial charge in [0.05, 0.1) is 6.04 Å². The molecule has 3 heteroatoms. The van der Waals surface area contributed by atoms with Crippen molar-refractivity contribution in [3.63, 3.8) is 0 Å². The summed E-state index contributed by atoms with van der Waals surface area (Å²) in [5, 5.41) is 3.01. The van der Waals surface area contributed by atoms with Crippen molar-refractivity contribution in [3.05, 3.63) is 0 Å². The molecule has 0 aliphatic rings. The third-order valence-corrected chi connectivity index (χ3v) is 2.69. The maximum absolute atomic E-state index is 11.8. The predicted octanol–water partition coefficient (Wildman–Crippen LogP) is 2.05. The summed E-state index contributed by atoms with van der Waals surface area (Å²) in [5.74, 6) is -0.0252. The molecule has 0 radical (unpaired) electrons. The van der Waals surface area contributed by atoms with Gasteiger partial charge in [-0.3, -0.25) is 4.79 Å². The molecule has 0 spiro atoms. The van der Waals surface area contributed by atoms with Gasteiger partial charge in [0.25, 0.3) is 0 Å². The Balaban J connectivity index is 4.22. The Labute approximate surface area is 93.8 Å². The lowest BCUT2D eigenvalue weighted by atomic mass is 9.86. The molecule has 15 heavy (non-hydrogen) atoms. The van der Waals surface area contributed by atoms with E-state index in [1.165, 1.54) is 0 Å². The molecule has 0 aliphatic heterocycles. The molecule has 2 atom stereocenters. The summed E-state index contributed by atoms with van der Waals surface area (Å²) in [6, 6.07) is -0.153. The Hall–Kier alpha value is -0.570. The van der Waals surface area contributed by atoms with Crippen LogP contribution >= 0.6 is 0 Å². The minimum Gasteiger partial charge on any atom is -0.352 e. The van der Waals surface area contributed by atoms with Gasteiger partial charge >= 0.3 is 0 Å². The highest BCUT2D eigenvalue weighted by Gasteiger charge is 2.28. The summed E-state index contributed by atoms with van der Waals surface area (Å²) in [6.45, 7) is 10.2. The van der Waals surface area contributed by atoms with Crippen LogP contribution in [0.5, 0.6) is 0 Å². The van der Waals surface area contributed by atoms with Gasteiger partial charge in [-0.25, -0.2) is 0 Å². The van der Waals surface area contributed by atoms with Crippen LogP contribution < -0.4 is 11.1 Å². The molecule has 0 saturated carbocycles. The van der Waals surface area contributed by atoms with E-state index in [4.69, 9.17) is 5.73 Å². The molecule has 0 bridgehead atoms. The molecule has 0 heterocycles. The van der Waals surface area contributed by atoms with Crippen LogP contribution in [0, 0.1) is 5.41 Å². The molecule has 0 aromatic rings. The van der Waals surface area contributed by atoms with Gasteiger partial charge in [0.2, 0.25) is 5.91 Å². The van der Waals surface area contributed by atoms with E-state index in [1.54, 1.807) is 0 Å². The van der Waals surface area contributed by atoms with Crippen molar-refractivity contribution in [2.24, 2.45) is 11.1 Å². The third-order valence-electron chi connectivity index (χ3n) is 2.69. The van der Waals surface area contributed by atoms with E-state index in [-0.39, 0.29) is 17.4 Å². The van der Waals surface area contributed by atoms with Crippen molar-refractivity contribution in [1.29, 1.82) is 0 Å². The number of hydrogen-bond donors (Lipinski definition) is 2. The number of nitrogens with one attached hydrogen (secondary N) is 1. The first-order valence-corrected chi connectivity index (χ1v) is 5.88. The van der Waals surface area contributed by atoms with Gasteiger partial charge in [-0.05, 0) is 18.3 Å². The molecule has 0 aromatic carbocycles. The molecule has 3 nitrogen and oxygen atoms in total. The Kier molecular flexibility index (Phi) is 5.88. The highest BCUT2D eigenvalue weighted by molar-refractivity contribution is 5.82. The van der Waals surface area contributed by atoms with Crippen molar-refractivity contribution in [2.75, 3.05) is 0 Å². The van der Waals surface area contributed by atoms with Crippen LogP contribution in [0.3, 0.4) is 0 Å². The Morgan fingerprint density at radius 2 is 1.87 bits per heavy atom. The zero-order valence-electron chi connectivity index (χ0n) is 10.8. The average Bonchev–Trinajstić information content (AvgIpc) is 2.14. The third kappa shape index (κ3) is 5.17. The molecule has 0 saturated heterocycles. The lowest BCUT2D eigenvalue weighted by Gasteiger charge is -2.28. The van der Waals surface area contributed by atoms with Gasteiger partial charge in [0.15, 0.2) is 0 Å². The van der Waals surface area contributed by atoms with Crippen molar-refractivity contribution in [1.82, 2.24) is 5.32 Å². The minimum atomic E-state index is -0.427. The monoisotopic (exact) mass is 214 g/mol. The first-order valence-electron chi connectivity index (χ1n) is 5.88. The van der Waals surface area contributed by atoms with Crippen LogP contribution in [0.2, 0.25) is 0 Å². The molecule has 0 fully saturated rings. The van der Waals surface area contributed by atoms with Gasteiger partial charge in [-0.2, -0.15) is 0 Å². The molecule has 0 aromatic heterocycles. The fourth-order valence-electron chi connectivity index (χ4n) is 1.41. The molecule has 90 valence electrons. The molecule has 1 amide bonds. The van der Waals surface area contributed by atoms with Crippen LogP contribution in [0.4, 0.5) is 0 Å². The van der Waals surface area contributed by atoms with Gasteiger partial charge in [-0.1, -0.05) is 41.0 Å². The fraction of sp³-hybridized carbons (Fsp3) is 0.917. The zero-order valence-corrected chi connectivity index (χ0v) is 10.8. The molecule has 3 N–H and O–H groups in total. The van der Waals surface area contributed by atoms with Crippen molar-refractivity contribution in [3.8, 4) is 0 Å². The van der Waals surface area contributed by atoms with Crippen LogP contribution in [0.1, 0.15) is 53.9 Å². The highest BCUT2D eigenvalue weighted by atomic mass is 16.2. The maximum atomic E-state index is 11.8. The molecule has 0 rings (SSSR count). The van der Waals surface area contributed by atoms with Crippen LogP contribution in [0.25, 0.3) is 0 Å². The van der Waals surface area contributed by atoms with Gasteiger partial charge in [0.1, 0.15) is 0 Å². The SMILES string of the molecule is CCCC(CC)NC(=O)C(N)C(C)(C)C. The summed E-state index contributed by atoms with van der Waals surface area (Å²) in [5.41, 5.74) is 5.71. The predicted molar refractivity (Wildman–Crippen MR) is 64.6 cm³/mol. The van der Waals surface area contributed by atoms with E-state index in [0.29, 0.717) is 0 Å². The van der Waals surface area contributed by atoms with Gasteiger partial charge < -0.3 is 11.1 Å². The van der Waals surface area contributed by atoms with Crippen molar-refractivity contribution < 1.29 is 4.79 Å². The molecular weight excluding hydrogens is 188 g/mol. The van der Waals surface area contributed by atoms with E-state index in [9.17, 15) is 4.79 Å². The number of carbonyl (C=O) groups excluding carboxylic acids is 1. The maximum Gasteiger partial charge on any atom is 0.237 e. The summed E-state index contributed by atoms with van der Waals surface area (Å²) >= 11 is 0. The van der Waals surface area contributed by atoms with Gasteiger partial charge in [0, 0.05) is 6.04 Å². The first-order chi connectivity index (χ1) is 6.82. The number of nitrogens with two attached hydrogens (primary N) is 1. The Morgan fingerprint density at radius 1 is 1.33 bits per heavy atom. The highest BCUT2D eigenvalue weighted by Crippen LogP contribution is 2.17. The topological polar surface area (TPSA) is 55.1 Å². The summed E-state index contributed by atoms with van der Waals surface area (Å²) in [6.07, 6.45) is 3.08. The largest absolute Gasteiger partial charge is 0.352 e. The standard InChI is InChI=1S/C12H26N2O/c1-6-8-9(7-2)14-11(15)10(13)12(3,4)5/h9-10H,6-8,13H2,1-5H3,(H,14,15). The van der Waals surface area contributed by atoms with E-state index < -0.39 is 6.04 Å². The second-order valence-electron chi connectivity index (χ2n) is 5.25. The second-order valence-corrected chi connectivity index (χ2v) is 5.25. The van der Waals surface area contributed by atoms with E-state index in [1.807, 2.05) is 20.8 Å². The molecular formula is C12H26N2O. The molecule has 2 unspecified atom stereocenters.